The molecule has 2 N–H and O–H groups in total. The van der Waals surface area contributed by atoms with Crippen molar-refractivity contribution in [2.75, 3.05) is 0 Å². The molecule has 0 amide bonds. The molecule has 0 radical (unpaired) electrons. The van der Waals surface area contributed by atoms with E-state index in [1.807, 2.05) is 6.92 Å². The van der Waals surface area contributed by atoms with Gasteiger partial charge in [0.1, 0.15) is 5.69 Å². The zero-order valence-corrected chi connectivity index (χ0v) is 7.11. The highest BCUT2D eigenvalue weighted by Gasteiger charge is 2.11. The van der Waals surface area contributed by atoms with Crippen LogP contribution in [0.5, 0.6) is 0 Å². The summed E-state index contributed by atoms with van der Waals surface area (Å²) in [5.41, 5.74) is 6.51. The van der Waals surface area contributed by atoms with E-state index in [4.69, 9.17) is 5.73 Å². The van der Waals surface area contributed by atoms with Crippen LogP contribution in [0.4, 0.5) is 0 Å². The molecule has 1 heterocycles. The largest absolute Gasteiger partial charge is 0.321 e. The van der Waals surface area contributed by atoms with Crippen LogP contribution in [-0.2, 0) is 0 Å². The van der Waals surface area contributed by atoms with Gasteiger partial charge >= 0.3 is 0 Å². The fraction of sp³-hybridized carbons (Fsp3) is 0.375. The molecule has 0 aliphatic heterocycles. The second kappa shape index (κ2) is 3.40. The maximum absolute atomic E-state index is 11.2. The highest BCUT2D eigenvalue weighted by molar-refractivity contribution is 5.97. The van der Waals surface area contributed by atoms with Crippen LogP contribution in [0, 0.1) is 6.92 Å². The van der Waals surface area contributed by atoms with E-state index in [1.165, 1.54) is 6.20 Å². The second-order valence-electron chi connectivity index (χ2n) is 2.70. The normalized spacial score (nSPS) is 12.6. The third-order valence-corrected chi connectivity index (χ3v) is 1.45. The molecule has 1 atom stereocenters. The van der Waals surface area contributed by atoms with Crippen molar-refractivity contribution in [3.63, 3.8) is 0 Å². The van der Waals surface area contributed by atoms with Gasteiger partial charge in [0.15, 0.2) is 5.78 Å². The Balaban J connectivity index is 2.90. The van der Waals surface area contributed by atoms with Gasteiger partial charge in [-0.3, -0.25) is 9.78 Å². The molecule has 0 saturated heterocycles. The minimum absolute atomic E-state index is 0.178. The van der Waals surface area contributed by atoms with Gasteiger partial charge in [-0.25, -0.2) is 4.98 Å². The Bertz CT molecular complexity index is 279. The van der Waals surface area contributed by atoms with Crippen molar-refractivity contribution in [3.05, 3.63) is 23.8 Å². The molecule has 0 aliphatic rings. The molecular formula is C8H11N3O. The van der Waals surface area contributed by atoms with E-state index in [-0.39, 0.29) is 5.78 Å². The van der Waals surface area contributed by atoms with Gasteiger partial charge < -0.3 is 5.73 Å². The highest BCUT2D eigenvalue weighted by atomic mass is 16.1. The van der Waals surface area contributed by atoms with Gasteiger partial charge in [0, 0.05) is 6.20 Å². The van der Waals surface area contributed by atoms with Crippen LogP contribution in [0.25, 0.3) is 0 Å². The molecule has 0 saturated carbocycles. The molecular weight excluding hydrogens is 154 g/mol. The number of rotatable bonds is 2. The van der Waals surface area contributed by atoms with Gasteiger partial charge in [0.2, 0.25) is 0 Å². The number of hydrogen-bond acceptors (Lipinski definition) is 4. The van der Waals surface area contributed by atoms with Gasteiger partial charge in [-0.05, 0) is 13.8 Å². The molecule has 0 aromatic carbocycles. The third-order valence-electron chi connectivity index (χ3n) is 1.45. The number of aromatic nitrogens is 2. The topological polar surface area (TPSA) is 68.9 Å². The van der Waals surface area contributed by atoms with E-state index in [2.05, 4.69) is 9.97 Å². The van der Waals surface area contributed by atoms with Crippen molar-refractivity contribution in [2.24, 2.45) is 5.73 Å². The summed E-state index contributed by atoms with van der Waals surface area (Å²) in [6.45, 7) is 3.44. The van der Waals surface area contributed by atoms with Crippen molar-refractivity contribution < 1.29 is 4.79 Å². The summed E-state index contributed by atoms with van der Waals surface area (Å²) in [6.07, 6.45) is 3.00. The average Bonchev–Trinajstić information content (AvgIpc) is 2.04. The first-order chi connectivity index (χ1) is 5.61. The number of hydrogen-bond donors (Lipinski definition) is 1. The highest BCUT2D eigenvalue weighted by Crippen LogP contribution is 1.97. The summed E-state index contributed by atoms with van der Waals surface area (Å²) in [6, 6.07) is -0.512. The van der Waals surface area contributed by atoms with Crippen LogP contribution >= 0.6 is 0 Å². The Morgan fingerprint density at radius 1 is 1.50 bits per heavy atom. The van der Waals surface area contributed by atoms with Crippen LogP contribution < -0.4 is 5.73 Å². The maximum Gasteiger partial charge on any atom is 0.199 e. The lowest BCUT2D eigenvalue weighted by atomic mass is 10.2. The predicted molar refractivity (Wildman–Crippen MR) is 44.7 cm³/mol. The third kappa shape index (κ3) is 1.85. The van der Waals surface area contributed by atoms with E-state index >= 15 is 0 Å². The van der Waals surface area contributed by atoms with Crippen molar-refractivity contribution in [1.29, 1.82) is 0 Å². The quantitative estimate of drug-likeness (QED) is 0.640. The molecule has 0 aliphatic carbocycles. The zero-order chi connectivity index (χ0) is 9.14. The van der Waals surface area contributed by atoms with Gasteiger partial charge in [-0.1, -0.05) is 0 Å². The smallest absolute Gasteiger partial charge is 0.199 e. The second-order valence-corrected chi connectivity index (χ2v) is 2.70. The molecule has 12 heavy (non-hydrogen) atoms. The standard InChI is InChI=1S/C8H11N3O/c1-5-3-11-7(4-10-5)8(12)6(2)9/h3-4,6H,9H2,1-2H3. The number of ketones is 1. The lowest BCUT2D eigenvalue weighted by molar-refractivity contribution is 0.0962. The fourth-order valence-electron chi connectivity index (χ4n) is 0.753. The summed E-state index contributed by atoms with van der Waals surface area (Å²) >= 11 is 0. The molecule has 1 rings (SSSR count). The number of aryl methyl sites for hydroxylation is 1. The molecule has 1 unspecified atom stereocenters. The van der Waals surface area contributed by atoms with E-state index in [1.54, 1.807) is 13.1 Å². The van der Waals surface area contributed by atoms with Crippen LogP contribution in [-0.4, -0.2) is 21.8 Å². The molecule has 4 heteroatoms. The maximum atomic E-state index is 11.2. The summed E-state index contributed by atoms with van der Waals surface area (Å²) in [7, 11) is 0. The first-order valence-corrected chi connectivity index (χ1v) is 3.69. The van der Waals surface area contributed by atoms with Gasteiger partial charge in [0.25, 0.3) is 0 Å². The van der Waals surface area contributed by atoms with Gasteiger partial charge in [-0.15, -0.1) is 0 Å². The van der Waals surface area contributed by atoms with Crippen LogP contribution in [0.2, 0.25) is 0 Å². The monoisotopic (exact) mass is 165 g/mol. The fourth-order valence-corrected chi connectivity index (χ4v) is 0.753. The lowest BCUT2D eigenvalue weighted by Gasteiger charge is -2.01. The molecule has 0 spiro atoms. The molecule has 0 bridgehead atoms. The van der Waals surface area contributed by atoms with Crippen LogP contribution in [0.15, 0.2) is 12.4 Å². The first kappa shape index (κ1) is 8.80. The number of Topliss-reactive ketones (excluding diaryl/α,β-unsaturated/α-hetero) is 1. The van der Waals surface area contributed by atoms with Crippen molar-refractivity contribution in [1.82, 2.24) is 9.97 Å². The van der Waals surface area contributed by atoms with E-state index < -0.39 is 6.04 Å². The van der Waals surface area contributed by atoms with Crippen molar-refractivity contribution in [3.8, 4) is 0 Å². The number of carbonyl (C=O) groups is 1. The van der Waals surface area contributed by atoms with E-state index in [0.29, 0.717) is 5.69 Å². The Morgan fingerprint density at radius 3 is 2.58 bits per heavy atom. The minimum atomic E-state index is -0.512. The molecule has 1 aromatic rings. The Labute approximate surface area is 70.8 Å². The summed E-state index contributed by atoms with van der Waals surface area (Å²) in [5, 5.41) is 0. The summed E-state index contributed by atoms with van der Waals surface area (Å²) in [4.78, 5) is 19.1. The lowest BCUT2D eigenvalue weighted by Crippen LogP contribution is -2.27. The number of nitrogens with zero attached hydrogens (tertiary/aromatic N) is 2. The zero-order valence-electron chi connectivity index (χ0n) is 7.11. The van der Waals surface area contributed by atoms with Crippen molar-refractivity contribution in [2.45, 2.75) is 19.9 Å². The average molecular weight is 165 g/mol. The van der Waals surface area contributed by atoms with Gasteiger partial charge in [0.05, 0.1) is 17.9 Å². The first-order valence-electron chi connectivity index (χ1n) is 3.69. The summed E-state index contributed by atoms with van der Waals surface area (Å²) < 4.78 is 0. The number of nitrogens with two attached hydrogens (primary N) is 1. The molecule has 64 valence electrons. The van der Waals surface area contributed by atoms with E-state index in [0.717, 1.165) is 5.69 Å². The molecule has 1 aromatic heterocycles. The molecule has 4 nitrogen and oxygen atoms in total. The summed E-state index contributed by atoms with van der Waals surface area (Å²) in [5.74, 6) is -0.178. The SMILES string of the molecule is Cc1cnc(C(=O)C(C)N)cn1. The van der Waals surface area contributed by atoms with Gasteiger partial charge in [-0.2, -0.15) is 0 Å². The predicted octanol–water partition coefficient (Wildman–Crippen LogP) is 0.315. The number of carbonyl (C=O) groups excluding carboxylic acids is 1. The molecule has 0 fully saturated rings. The van der Waals surface area contributed by atoms with Crippen LogP contribution in [0.3, 0.4) is 0 Å². The Hall–Kier alpha value is -1.29. The van der Waals surface area contributed by atoms with Crippen LogP contribution in [0.1, 0.15) is 23.1 Å². The Kier molecular flexibility index (Phi) is 2.50. The Morgan fingerprint density at radius 2 is 2.17 bits per heavy atom. The van der Waals surface area contributed by atoms with E-state index in [9.17, 15) is 4.79 Å². The minimum Gasteiger partial charge on any atom is -0.321 e. The van der Waals surface area contributed by atoms with Crippen molar-refractivity contribution >= 4 is 5.78 Å².